The van der Waals surface area contributed by atoms with E-state index in [9.17, 15) is 9.59 Å². The lowest BCUT2D eigenvalue weighted by Crippen LogP contribution is -2.29. The van der Waals surface area contributed by atoms with Crippen LogP contribution in [0.3, 0.4) is 0 Å². The van der Waals surface area contributed by atoms with E-state index in [0.717, 1.165) is 11.1 Å². The molecule has 1 heterocycles. The molecule has 5 heteroatoms. The second-order valence-electron chi connectivity index (χ2n) is 6.36. The minimum absolute atomic E-state index is 0.313. The molecule has 0 radical (unpaired) electrons. The third-order valence-electron chi connectivity index (χ3n) is 4.32. The van der Waals surface area contributed by atoms with Crippen LogP contribution in [0.25, 0.3) is 6.08 Å². The van der Waals surface area contributed by atoms with E-state index in [-0.39, 0.29) is 11.8 Å². The number of ether oxygens (including phenoxy) is 2. The summed E-state index contributed by atoms with van der Waals surface area (Å²) < 4.78 is 10.6. The van der Waals surface area contributed by atoms with Gasteiger partial charge in [-0.15, -0.1) is 0 Å². The van der Waals surface area contributed by atoms with Crippen molar-refractivity contribution in [2.24, 2.45) is 0 Å². The summed E-state index contributed by atoms with van der Waals surface area (Å²) in [5.41, 5.74) is 2.84. The summed E-state index contributed by atoms with van der Waals surface area (Å²) in [6.07, 6.45) is 1.70. The SMILES string of the molecule is COc1cc(C=C2C(=O)N(c3ccccc3)C(=O)C2=C(C)C)cc(OC)c1. The van der Waals surface area contributed by atoms with Crippen molar-refractivity contribution in [1.29, 1.82) is 0 Å². The number of allylic oxidation sites excluding steroid dienone is 1. The Morgan fingerprint density at radius 3 is 2.00 bits per heavy atom. The standard InChI is InChI=1S/C22H21NO4/c1-14(2)20-19(12-15-10-17(26-3)13-18(11-15)27-4)21(24)23(22(20)25)16-8-6-5-7-9-16/h5-13H,1-4H3. The van der Waals surface area contributed by atoms with Crippen LogP contribution in [0.4, 0.5) is 5.69 Å². The normalized spacial score (nSPS) is 15.5. The Kier molecular flexibility index (Phi) is 5.12. The van der Waals surface area contributed by atoms with E-state index in [4.69, 9.17) is 9.47 Å². The van der Waals surface area contributed by atoms with Crippen molar-refractivity contribution in [3.05, 3.63) is 70.8 Å². The van der Waals surface area contributed by atoms with Crippen molar-refractivity contribution in [3.8, 4) is 11.5 Å². The number of hydrogen-bond acceptors (Lipinski definition) is 4. The highest BCUT2D eigenvalue weighted by molar-refractivity contribution is 6.38. The molecule has 5 nitrogen and oxygen atoms in total. The first-order valence-corrected chi connectivity index (χ1v) is 8.52. The van der Waals surface area contributed by atoms with E-state index in [0.29, 0.717) is 28.3 Å². The van der Waals surface area contributed by atoms with Crippen LogP contribution < -0.4 is 14.4 Å². The number of anilines is 1. The average molecular weight is 363 g/mol. The molecule has 1 saturated heterocycles. The molecule has 2 aromatic carbocycles. The van der Waals surface area contributed by atoms with Crippen molar-refractivity contribution in [2.75, 3.05) is 19.1 Å². The predicted molar refractivity (Wildman–Crippen MR) is 105 cm³/mol. The maximum Gasteiger partial charge on any atom is 0.266 e. The Labute approximate surface area is 158 Å². The number of hydrogen-bond donors (Lipinski definition) is 0. The monoisotopic (exact) mass is 363 g/mol. The van der Waals surface area contributed by atoms with Crippen molar-refractivity contribution in [1.82, 2.24) is 0 Å². The van der Waals surface area contributed by atoms with Crippen molar-refractivity contribution >= 4 is 23.6 Å². The minimum atomic E-state index is -0.343. The lowest BCUT2D eigenvalue weighted by atomic mass is 10.0. The molecule has 1 fully saturated rings. The van der Waals surface area contributed by atoms with Gasteiger partial charge in [0.25, 0.3) is 11.8 Å². The fraction of sp³-hybridized carbons (Fsp3) is 0.182. The van der Waals surface area contributed by atoms with Gasteiger partial charge in [0.15, 0.2) is 0 Å². The summed E-state index contributed by atoms with van der Waals surface area (Å²) in [4.78, 5) is 27.3. The van der Waals surface area contributed by atoms with Crippen LogP contribution in [0.2, 0.25) is 0 Å². The van der Waals surface area contributed by atoms with Gasteiger partial charge in [-0.3, -0.25) is 9.59 Å². The quantitative estimate of drug-likeness (QED) is 0.609. The summed E-state index contributed by atoms with van der Waals surface area (Å²) in [7, 11) is 3.13. The first-order chi connectivity index (χ1) is 13.0. The van der Waals surface area contributed by atoms with Gasteiger partial charge in [0, 0.05) is 6.07 Å². The van der Waals surface area contributed by atoms with Gasteiger partial charge in [0.05, 0.1) is 31.1 Å². The van der Waals surface area contributed by atoms with Crippen molar-refractivity contribution in [2.45, 2.75) is 13.8 Å². The summed E-state index contributed by atoms with van der Waals surface area (Å²) in [6.45, 7) is 3.66. The molecule has 0 spiro atoms. The smallest absolute Gasteiger partial charge is 0.266 e. The Hall–Kier alpha value is -3.34. The number of benzene rings is 2. The number of nitrogens with zero attached hydrogens (tertiary/aromatic N) is 1. The second kappa shape index (κ2) is 7.50. The maximum atomic E-state index is 13.1. The van der Waals surface area contributed by atoms with Crippen molar-refractivity contribution < 1.29 is 19.1 Å². The van der Waals surface area contributed by atoms with Crippen LogP contribution in [0.5, 0.6) is 11.5 Å². The van der Waals surface area contributed by atoms with Gasteiger partial charge in [0.1, 0.15) is 11.5 Å². The number of para-hydroxylation sites is 1. The molecule has 0 N–H and O–H groups in total. The van der Waals surface area contributed by atoms with Crippen LogP contribution in [0.15, 0.2) is 65.3 Å². The Morgan fingerprint density at radius 2 is 1.48 bits per heavy atom. The molecule has 0 bridgehead atoms. The molecule has 0 unspecified atom stereocenters. The largest absolute Gasteiger partial charge is 0.497 e. The highest BCUT2D eigenvalue weighted by Gasteiger charge is 2.40. The summed E-state index contributed by atoms with van der Waals surface area (Å²) in [6, 6.07) is 14.3. The number of amides is 2. The third kappa shape index (κ3) is 3.49. The summed E-state index contributed by atoms with van der Waals surface area (Å²) >= 11 is 0. The first-order valence-electron chi connectivity index (χ1n) is 8.52. The van der Waals surface area contributed by atoms with Gasteiger partial charge in [-0.2, -0.15) is 0 Å². The topological polar surface area (TPSA) is 55.8 Å². The van der Waals surface area contributed by atoms with Crippen LogP contribution in [0, 0.1) is 0 Å². The van der Waals surface area contributed by atoms with Crippen LogP contribution in [-0.4, -0.2) is 26.0 Å². The number of rotatable bonds is 4. The van der Waals surface area contributed by atoms with Crippen LogP contribution in [-0.2, 0) is 9.59 Å². The molecule has 27 heavy (non-hydrogen) atoms. The molecule has 0 aliphatic carbocycles. The maximum absolute atomic E-state index is 13.1. The van der Waals surface area contributed by atoms with E-state index >= 15 is 0 Å². The molecular weight excluding hydrogens is 342 g/mol. The van der Waals surface area contributed by atoms with E-state index in [1.165, 1.54) is 4.90 Å². The lowest BCUT2D eigenvalue weighted by molar-refractivity contribution is -0.119. The zero-order valence-electron chi connectivity index (χ0n) is 15.8. The minimum Gasteiger partial charge on any atom is -0.497 e. The van der Waals surface area contributed by atoms with E-state index in [1.807, 2.05) is 19.9 Å². The number of carbonyl (C=O) groups excluding carboxylic acids is 2. The average Bonchev–Trinajstić information content (AvgIpc) is 2.92. The Balaban J connectivity index is 2.14. The Bertz CT molecular complexity index is 931. The summed E-state index contributed by atoms with van der Waals surface area (Å²) in [5, 5.41) is 0. The van der Waals surface area contributed by atoms with Crippen molar-refractivity contribution in [3.63, 3.8) is 0 Å². The molecule has 0 aromatic heterocycles. The van der Waals surface area contributed by atoms with E-state index < -0.39 is 0 Å². The van der Waals surface area contributed by atoms with Gasteiger partial charge in [-0.25, -0.2) is 4.90 Å². The van der Waals surface area contributed by atoms with Gasteiger partial charge >= 0.3 is 0 Å². The zero-order chi connectivity index (χ0) is 19.6. The highest BCUT2D eigenvalue weighted by Crippen LogP contribution is 2.34. The first kappa shape index (κ1) is 18.5. The number of imide groups is 1. The fourth-order valence-corrected chi connectivity index (χ4v) is 3.05. The lowest BCUT2D eigenvalue weighted by Gasteiger charge is -2.12. The molecule has 2 amide bonds. The molecule has 1 aliphatic heterocycles. The summed E-state index contributed by atoms with van der Waals surface area (Å²) in [5.74, 6) is 0.560. The molecule has 0 saturated carbocycles. The Morgan fingerprint density at radius 1 is 0.889 bits per heavy atom. The number of methoxy groups -OCH3 is 2. The number of carbonyl (C=O) groups is 2. The van der Waals surface area contributed by atoms with Gasteiger partial charge in [0.2, 0.25) is 0 Å². The van der Waals surface area contributed by atoms with E-state index in [2.05, 4.69) is 0 Å². The van der Waals surface area contributed by atoms with Crippen LogP contribution >= 0.6 is 0 Å². The predicted octanol–water partition coefficient (Wildman–Crippen LogP) is 4.00. The molecule has 2 aromatic rings. The van der Waals surface area contributed by atoms with Gasteiger partial charge in [-0.05, 0) is 49.8 Å². The molecule has 0 atom stereocenters. The highest BCUT2D eigenvalue weighted by atomic mass is 16.5. The van der Waals surface area contributed by atoms with Gasteiger partial charge < -0.3 is 9.47 Å². The zero-order valence-corrected chi connectivity index (χ0v) is 15.8. The second-order valence-corrected chi connectivity index (χ2v) is 6.36. The fourth-order valence-electron chi connectivity index (χ4n) is 3.05. The van der Waals surface area contributed by atoms with E-state index in [1.54, 1.807) is 62.8 Å². The molecule has 3 rings (SSSR count). The van der Waals surface area contributed by atoms with Crippen LogP contribution in [0.1, 0.15) is 19.4 Å². The third-order valence-corrected chi connectivity index (χ3v) is 4.32. The molecule has 1 aliphatic rings. The van der Waals surface area contributed by atoms with Gasteiger partial charge in [-0.1, -0.05) is 23.8 Å². The molecular formula is C22H21NO4. The molecule has 138 valence electrons.